The number of aromatic nitrogens is 3. The number of nitrogens with zero attached hydrogens (tertiary/aromatic N) is 3. The zero-order valence-corrected chi connectivity index (χ0v) is 34.3. The van der Waals surface area contributed by atoms with E-state index < -0.39 is 0 Å². The summed E-state index contributed by atoms with van der Waals surface area (Å²) >= 11 is 0. The van der Waals surface area contributed by atoms with Crippen molar-refractivity contribution in [1.82, 2.24) is 14.5 Å². The second-order valence-corrected chi connectivity index (χ2v) is 17.2. The zero-order valence-electron chi connectivity index (χ0n) is 34.3. The quantitative estimate of drug-likeness (QED) is 0.174. The van der Waals surface area contributed by atoms with Gasteiger partial charge in [0.05, 0.1) is 33.7 Å². The molecule has 0 atom stereocenters. The summed E-state index contributed by atoms with van der Waals surface area (Å²) < 4.78 is 16.1. The molecule has 14 aromatic rings. The van der Waals surface area contributed by atoms with Gasteiger partial charge in [-0.25, -0.2) is 9.97 Å². The van der Waals surface area contributed by atoms with Gasteiger partial charge in [-0.1, -0.05) is 140 Å². The molecule has 4 aromatic heterocycles. The monoisotopic (exact) mass is 815 g/mol. The Bertz CT molecular complexity index is 4350. The first-order chi connectivity index (χ1) is 31.7. The smallest absolute Gasteiger partial charge is 0.164 e. The molecule has 5 nitrogen and oxygen atoms in total. The Balaban J connectivity index is 1.14. The van der Waals surface area contributed by atoms with Gasteiger partial charge in [0.25, 0.3) is 0 Å². The minimum absolute atomic E-state index is 0.611. The maximum absolute atomic E-state index is 6.99. The molecule has 10 aromatic carbocycles. The average Bonchev–Trinajstić information content (AvgIpc) is 4.02. The van der Waals surface area contributed by atoms with E-state index in [4.69, 9.17) is 18.8 Å². The topological polar surface area (TPSA) is 57.0 Å². The normalized spacial score (nSPS) is 12.6. The SMILES string of the molecule is c1ccc2cc3c(cc2c1)c1ccc2cc1n3-c1cc3oc4c5ccccc5ccc4c3cc1-c1nc(-c3cccc4c3oc3ccccc34)nc(-c3cccc4ccccc34)c1C2. The first-order valence-electron chi connectivity index (χ1n) is 21.8. The molecule has 2 bridgehead atoms. The van der Waals surface area contributed by atoms with Crippen molar-refractivity contribution in [3.05, 3.63) is 199 Å². The lowest BCUT2D eigenvalue weighted by atomic mass is 9.91. The van der Waals surface area contributed by atoms with Gasteiger partial charge in [-0.05, 0) is 75.0 Å². The van der Waals surface area contributed by atoms with Crippen LogP contribution >= 0.6 is 0 Å². The minimum atomic E-state index is 0.611. The largest absolute Gasteiger partial charge is 0.455 e. The Kier molecular flexibility index (Phi) is 6.67. The van der Waals surface area contributed by atoms with Crippen LogP contribution in [0.5, 0.6) is 0 Å². The summed E-state index contributed by atoms with van der Waals surface area (Å²) in [4.78, 5) is 11.4. The molecule has 0 aliphatic carbocycles. The van der Waals surface area contributed by atoms with Crippen LogP contribution in [-0.2, 0) is 6.42 Å². The molecule has 1 aliphatic heterocycles. The highest BCUT2D eigenvalue weighted by Gasteiger charge is 2.28. The van der Waals surface area contributed by atoms with E-state index in [0.717, 1.165) is 116 Å². The van der Waals surface area contributed by atoms with Crippen molar-refractivity contribution in [1.29, 1.82) is 0 Å². The highest BCUT2D eigenvalue weighted by Crippen LogP contribution is 2.47. The van der Waals surface area contributed by atoms with E-state index in [0.29, 0.717) is 12.2 Å². The van der Waals surface area contributed by atoms with Crippen LogP contribution in [0.25, 0.3) is 138 Å². The number of benzene rings is 10. The highest BCUT2D eigenvalue weighted by atomic mass is 16.3. The number of rotatable bonds is 2. The van der Waals surface area contributed by atoms with E-state index in [-0.39, 0.29) is 0 Å². The van der Waals surface area contributed by atoms with Gasteiger partial charge in [-0.3, -0.25) is 0 Å². The van der Waals surface area contributed by atoms with Crippen LogP contribution in [0.4, 0.5) is 0 Å². The molecule has 0 fully saturated rings. The molecule has 0 unspecified atom stereocenters. The molecule has 0 spiro atoms. The van der Waals surface area contributed by atoms with Crippen LogP contribution in [0.3, 0.4) is 0 Å². The fourth-order valence-electron chi connectivity index (χ4n) is 10.8. The predicted octanol–water partition coefficient (Wildman–Crippen LogP) is 15.7. The molecule has 5 heteroatoms. The Morgan fingerprint density at radius 1 is 0.375 bits per heavy atom. The molecule has 0 saturated heterocycles. The van der Waals surface area contributed by atoms with E-state index in [1.54, 1.807) is 0 Å². The lowest BCUT2D eigenvalue weighted by Crippen LogP contribution is -2.06. The third-order valence-electron chi connectivity index (χ3n) is 13.8. The summed E-state index contributed by atoms with van der Waals surface area (Å²) in [6.45, 7) is 0. The molecule has 64 heavy (non-hydrogen) atoms. The van der Waals surface area contributed by atoms with Gasteiger partial charge in [0, 0.05) is 66.9 Å². The molecule has 1 aliphatic rings. The summed E-state index contributed by atoms with van der Waals surface area (Å²) in [5.74, 6) is 0.611. The summed E-state index contributed by atoms with van der Waals surface area (Å²) in [5, 5.41) is 13.6. The van der Waals surface area contributed by atoms with Crippen LogP contribution in [0, 0.1) is 0 Å². The fraction of sp³-hybridized carbons (Fsp3) is 0.0169. The van der Waals surface area contributed by atoms with Gasteiger partial charge in [0.1, 0.15) is 22.3 Å². The Hall–Kier alpha value is -8.54. The van der Waals surface area contributed by atoms with Crippen molar-refractivity contribution in [3.8, 4) is 39.6 Å². The van der Waals surface area contributed by atoms with Gasteiger partial charge in [0.2, 0.25) is 0 Å². The maximum atomic E-state index is 6.99. The van der Waals surface area contributed by atoms with Crippen molar-refractivity contribution >= 4 is 98.0 Å². The first-order valence-corrected chi connectivity index (χ1v) is 21.8. The second-order valence-electron chi connectivity index (χ2n) is 17.2. The Morgan fingerprint density at radius 3 is 1.88 bits per heavy atom. The number of fused-ring (bicyclic) bond motifs is 18. The molecule has 0 amide bonds. The number of hydrogen-bond acceptors (Lipinski definition) is 4. The summed E-state index contributed by atoms with van der Waals surface area (Å²) in [6.07, 6.45) is 0.622. The summed E-state index contributed by atoms with van der Waals surface area (Å²) in [7, 11) is 0. The van der Waals surface area contributed by atoms with Gasteiger partial charge in [0.15, 0.2) is 5.82 Å². The summed E-state index contributed by atoms with van der Waals surface area (Å²) in [6, 6.07) is 67.5. The number of para-hydroxylation sites is 2. The van der Waals surface area contributed by atoms with Crippen LogP contribution < -0.4 is 0 Å². The molecular weight excluding hydrogens is 783 g/mol. The molecular formula is C59H33N3O2. The standard InChI is InChI=1S/C59H33N3O2/c1-2-14-37-30-51-46(29-36(37)13-1)40-25-23-33-27-49-55(42-19-9-15-34-11-3-5-16-38(34)42)60-59(45-21-10-20-43-41-18-7-8-22-53(41)63-58(43)45)61-56(49)48-31-47-44-26-24-35-12-4-6-17-39(35)57(44)64-54(47)32-52(48)62(51)50(40)28-33/h1-26,28-32H,27H2. The van der Waals surface area contributed by atoms with E-state index >= 15 is 0 Å². The second kappa shape index (κ2) is 12.5. The van der Waals surface area contributed by atoms with E-state index in [9.17, 15) is 0 Å². The molecule has 0 radical (unpaired) electrons. The molecule has 296 valence electrons. The fourth-order valence-corrected chi connectivity index (χ4v) is 10.8. The predicted molar refractivity (Wildman–Crippen MR) is 263 cm³/mol. The van der Waals surface area contributed by atoms with Gasteiger partial charge >= 0.3 is 0 Å². The maximum Gasteiger partial charge on any atom is 0.164 e. The van der Waals surface area contributed by atoms with Gasteiger partial charge in [-0.15, -0.1) is 0 Å². The Labute approximate surface area is 365 Å². The van der Waals surface area contributed by atoms with Crippen molar-refractivity contribution < 1.29 is 8.83 Å². The van der Waals surface area contributed by atoms with Crippen molar-refractivity contribution in [2.45, 2.75) is 6.42 Å². The van der Waals surface area contributed by atoms with Crippen molar-refractivity contribution in [2.75, 3.05) is 0 Å². The summed E-state index contributed by atoms with van der Waals surface area (Å²) in [5.41, 5.74) is 13.6. The number of furan rings is 2. The zero-order chi connectivity index (χ0) is 41.6. The lowest BCUT2D eigenvalue weighted by Gasteiger charge is -2.19. The van der Waals surface area contributed by atoms with Crippen LogP contribution in [0.1, 0.15) is 11.1 Å². The molecule has 0 N–H and O–H groups in total. The first kappa shape index (κ1) is 34.1. The minimum Gasteiger partial charge on any atom is -0.455 e. The van der Waals surface area contributed by atoms with E-state index in [1.807, 2.05) is 12.1 Å². The van der Waals surface area contributed by atoms with Gasteiger partial charge in [-0.2, -0.15) is 0 Å². The van der Waals surface area contributed by atoms with Crippen LogP contribution in [0.2, 0.25) is 0 Å². The van der Waals surface area contributed by atoms with E-state index in [2.05, 4.69) is 180 Å². The van der Waals surface area contributed by atoms with E-state index in [1.165, 1.54) is 27.1 Å². The number of hydrogen-bond donors (Lipinski definition) is 0. The van der Waals surface area contributed by atoms with Crippen LogP contribution in [-0.4, -0.2) is 14.5 Å². The van der Waals surface area contributed by atoms with Gasteiger partial charge < -0.3 is 13.4 Å². The lowest BCUT2D eigenvalue weighted by molar-refractivity contribution is 0.669. The molecule has 0 saturated carbocycles. The third-order valence-corrected chi connectivity index (χ3v) is 13.8. The van der Waals surface area contributed by atoms with Crippen LogP contribution in [0.15, 0.2) is 197 Å². The van der Waals surface area contributed by atoms with Crippen molar-refractivity contribution in [2.24, 2.45) is 0 Å². The average molecular weight is 816 g/mol. The molecule has 15 rings (SSSR count). The third kappa shape index (κ3) is 4.67. The Morgan fingerprint density at radius 2 is 1.00 bits per heavy atom. The molecule has 5 heterocycles. The van der Waals surface area contributed by atoms with Crippen molar-refractivity contribution in [3.63, 3.8) is 0 Å². The highest BCUT2D eigenvalue weighted by molar-refractivity contribution is 6.18.